The van der Waals surface area contributed by atoms with E-state index in [2.05, 4.69) is 12.1 Å². The SMILES string of the molecule is C[N+](C)(C)C(Cc1ccccc1)C(=O)OCCCCCCCCOc1ccc(OC(=O)c2ccc(C#N)cc2)cc1.[I-]. The molecule has 1 unspecified atom stereocenters. The first-order valence-electron chi connectivity index (χ1n) is 14.2. The molecule has 0 bridgehead atoms. The lowest BCUT2D eigenvalue weighted by molar-refractivity contribution is -0.887. The number of benzene rings is 3. The van der Waals surface area contributed by atoms with E-state index in [0.29, 0.717) is 41.0 Å². The molecule has 3 aromatic rings. The van der Waals surface area contributed by atoms with Gasteiger partial charge in [-0.25, -0.2) is 9.59 Å². The van der Waals surface area contributed by atoms with E-state index >= 15 is 0 Å². The number of quaternary nitrogens is 1. The van der Waals surface area contributed by atoms with E-state index in [-0.39, 0.29) is 36.0 Å². The highest BCUT2D eigenvalue weighted by molar-refractivity contribution is 5.91. The van der Waals surface area contributed by atoms with Gasteiger partial charge in [-0.2, -0.15) is 5.26 Å². The Morgan fingerprint density at radius 2 is 1.33 bits per heavy atom. The van der Waals surface area contributed by atoms with Gasteiger partial charge in [0.1, 0.15) is 11.5 Å². The number of nitrogens with zero attached hydrogens (tertiary/aromatic N) is 2. The fourth-order valence-corrected chi connectivity index (χ4v) is 4.33. The molecular weight excluding hydrogens is 643 g/mol. The molecule has 3 rings (SSSR count). The van der Waals surface area contributed by atoms with Gasteiger partial charge in [0.25, 0.3) is 0 Å². The van der Waals surface area contributed by atoms with Crippen LogP contribution < -0.4 is 33.5 Å². The van der Waals surface area contributed by atoms with Crippen LogP contribution in [-0.2, 0) is 16.0 Å². The fraction of sp³-hybridized carbons (Fsp3) is 0.382. The van der Waals surface area contributed by atoms with Crippen molar-refractivity contribution in [2.45, 2.75) is 51.0 Å². The molecule has 0 fully saturated rings. The molecular formula is C34H41IN2O5. The zero-order chi connectivity index (χ0) is 29.5. The average molecular weight is 685 g/mol. The van der Waals surface area contributed by atoms with E-state index in [4.69, 9.17) is 19.5 Å². The smallest absolute Gasteiger partial charge is 0.365 e. The fourth-order valence-electron chi connectivity index (χ4n) is 4.33. The molecule has 7 nitrogen and oxygen atoms in total. The Bertz CT molecular complexity index is 1270. The van der Waals surface area contributed by atoms with E-state index in [0.717, 1.165) is 49.8 Å². The second kappa shape index (κ2) is 18.2. The Hall–Kier alpha value is -3.42. The normalized spacial score (nSPS) is 11.5. The summed E-state index contributed by atoms with van der Waals surface area (Å²) in [5, 5.41) is 8.86. The van der Waals surface area contributed by atoms with E-state index in [1.54, 1.807) is 48.5 Å². The first-order chi connectivity index (χ1) is 19.8. The number of hydrogen-bond acceptors (Lipinski definition) is 6. The molecule has 0 N–H and O–H groups in total. The molecule has 0 aromatic heterocycles. The third-order valence-electron chi connectivity index (χ3n) is 6.81. The molecule has 42 heavy (non-hydrogen) atoms. The predicted octanol–water partition coefficient (Wildman–Crippen LogP) is 3.36. The number of esters is 2. The van der Waals surface area contributed by atoms with Gasteiger partial charge in [0, 0.05) is 6.42 Å². The minimum atomic E-state index is -0.474. The van der Waals surface area contributed by atoms with Crippen molar-refractivity contribution in [2.75, 3.05) is 34.4 Å². The van der Waals surface area contributed by atoms with Crippen molar-refractivity contribution in [1.82, 2.24) is 0 Å². The zero-order valence-electron chi connectivity index (χ0n) is 24.8. The number of nitriles is 1. The largest absolute Gasteiger partial charge is 1.00 e. The average Bonchev–Trinajstić information content (AvgIpc) is 2.97. The Morgan fingerprint density at radius 1 is 0.762 bits per heavy atom. The predicted molar refractivity (Wildman–Crippen MR) is 159 cm³/mol. The molecule has 0 radical (unpaired) electrons. The van der Waals surface area contributed by atoms with Crippen LogP contribution in [0.3, 0.4) is 0 Å². The molecule has 224 valence electrons. The maximum absolute atomic E-state index is 12.8. The van der Waals surface area contributed by atoms with Crippen LogP contribution in [0.25, 0.3) is 0 Å². The zero-order valence-corrected chi connectivity index (χ0v) is 26.9. The summed E-state index contributed by atoms with van der Waals surface area (Å²) in [5.74, 6) is 0.555. The second-order valence-corrected chi connectivity index (χ2v) is 11.0. The number of rotatable bonds is 16. The molecule has 0 saturated carbocycles. The van der Waals surface area contributed by atoms with Gasteiger partial charge in [0.15, 0.2) is 6.04 Å². The van der Waals surface area contributed by atoms with Crippen molar-refractivity contribution in [1.29, 1.82) is 5.26 Å². The van der Waals surface area contributed by atoms with Crippen molar-refractivity contribution in [2.24, 2.45) is 0 Å². The summed E-state index contributed by atoms with van der Waals surface area (Å²) < 4.78 is 17.4. The molecule has 0 aliphatic rings. The summed E-state index contributed by atoms with van der Waals surface area (Å²) in [7, 11) is 6.10. The number of likely N-dealkylation sites (N-methyl/N-ethyl adjacent to an activating group) is 1. The summed E-state index contributed by atoms with van der Waals surface area (Å²) in [6.45, 7) is 1.09. The summed E-state index contributed by atoms with van der Waals surface area (Å²) in [5.41, 5.74) is 2.02. The van der Waals surface area contributed by atoms with Crippen LogP contribution in [0.2, 0.25) is 0 Å². The van der Waals surface area contributed by atoms with Gasteiger partial charge >= 0.3 is 11.9 Å². The summed E-state index contributed by atoms with van der Waals surface area (Å²) in [6.07, 6.45) is 6.80. The van der Waals surface area contributed by atoms with Crippen molar-refractivity contribution >= 4 is 11.9 Å². The molecule has 0 amide bonds. The first-order valence-corrected chi connectivity index (χ1v) is 14.2. The van der Waals surface area contributed by atoms with Crippen LogP contribution in [0.5, 0.6) is 11.5 Å². The molecule has 8 heteroatoms. The number of hydrogen-bond donors (Lipinski definition) is 0. The van der Waals surface area contributed by atoms with Crippen molar-refractivity contribution in [3.8, 4) is 17.6 Å². The Morgan fingerprint density at radius 3 is 1.93 bits per heavy atom. The lowest BCUT2D eigenvalue weighted by Crippen LogP contribution is -3.00. The van der Waals surface area contributed by atoms with E-state index in [1.807, 2.05) is 45.4 Å². The quantitative estimate of drug-likeness (QED) is 0.0757. The Kier molecular flexibility index (Phi) is 15.1. The van der Waals surface area contributed by atoms with Crippen LogP contribution in [0, 0.1) is 11.3 Å². The monoisotopic (exact) mass is 684 g/mol. The molecule has 0 aliphatic carbocycles. The second-order valence-electron chi connectivity index (χ2n) is 11.0. The van der Waals surface area contributed by atoms with Crippen molar-refractivity contribution in [3.05, 3.63) is 95.6 Å². The molecule has 0 heterocycles. The molecule has 0 aliphatic heterocycles. The summed E-state index contributed by atoms with van der Waals surface area (Å²) >= 11 is 0. The topological polar surface area (TPSA) is 85.6 Å². The van der Waals surface area contributed by atoms with Gasteiger partial charge in [-0.1, -0.05) is 56.0 Å². The highest BCUT2D eigenvalue weighted by Crippen LogP contribution is 2.20. The van der Waals surface area contributed by atoms with Gasteiger partial charge in [-0.15, -0.1) is 0 Å². The van der Waals surface area contributed by atoms with Crippen molar-refractivity contribution < 1.29 is 52.3 Å². The third kappa shape index (κ3) is 12.2. The highest BCUT2D eigenvalue weighted by atomic mass is 127. The van der Waals surface area contributed by atoms with Gasteiger partial charge < -0.3 is 42.7 Å². The molecule has 0 spiro atoms. The number of ether oxygens (including phenoxy) is 3. The minimum absolute atomic E-state index is 0. The third-order valence-corrected chi connectivity index (χ3v) is 6.81. The van der Waals surface area contributed by atoms with Crippen LogP contribution in [0.4, 0.5) is 0 Å². The minimum Gasteiger partial charge on any atom is -1.00 e. The maximum atomic E-state index is 12.8. The highest BCUT2D eigenvalue weighted by Gasteiger charge is 2.33. The Balaban J connectivity index is 0.00000616. The van der Waals surface area contributed by atoms with E-state index in [9.17, 15) is 9.59 Å². The molecule has 1 atom stereocenters. The van der Waals surface area contributed by atoms with Crippen LogP contribution in [0.1, 0.15) is 60.0 Å². The summed E-state index contributed by atoms with van der Waals surface area (Å²) in [6, 6.07) is 25.2. The number of carbonyl (C=O) groups excluding carboxylic acids is 2. The van der Waals surface area contributed by atoms with Crippen LogP contribution in [0.15, 0.2) is 78.9 Å². The Labute approximate surface area is 267 Å². The first kappa shape index (κ1) is 34.8. The lowest BCUT2D eigenvalue weighted by atomic mass is 10.0. The van der Waals surface area contributed by atoms with Crippen LogP contribution >= 0.6 is 0 Å². The van der Waals surface area contributed by atoms with Gasteiger partial charge in [0.05, 0.1) is 51.6 Å². The summed E-state index contributed by atoms with van der Waals surface area (Å²) in [4.78, 5) is 25.0. The van der Waals surface area contributed by atoms with Crippen molar-refractivity contribution in [3.63, 3.8) is 0 Å². The number of carbonyl (C=O) groups is 2. The molecule has 3 aromatic carbocycles. The van der Waals surface area contributed by atoms with Gasteiger partial charge in [-0.3, -0.25) is 0 Å². The molecule has 0 saturated heterocycles. The van der Waals surface area contributed by atoms with Gasteiger partial charge in [0.2, 0.25) is 0 Å². The maximum Gasteiger partial charge on any atom is 0.365 e. The van der Waals surface area contributed by atoms with E-state index < -0.39 is 5.97 Å². The van der Waals surface area contributed by atoms with Crippen LogP contribution in [-0.4, -0.2) is 56.8 Å². The lowest BCUT2D eigenvalue weighted by Gasteiger charge is -2.32. The standard InChI is InChI=1S/C34H41N2O5.HI/c1-36(2,3)32(25-27-13-9-8-10-14-27)34(38)40-24-12-7-5-4-6-11-23-39-30-19-21-31(22-20-30)41-33(37)29-17-15-28(26-35)16-18-29;/h8-10,13-22,32H,4-7,11-12,23-25H2,1-3H3;1H/q+1;/p-1. The van der Waals surface area contributed by atoms with Gasteiger partial charge in [-0.05, 0) is 66.9 Å². The number of halogens is 1. The number of unbranched alkanes of at least 4 members (excludes halogenated alkanes) is 5. The van der Waals surface area contributed by atoms with E-state index in [1.165, 1.54) is 0 Å².